The van der Waals surface area contributed by atoms with Gasteiger partial charge in [-0.25, -0.2) is 0 Å². The molecule has 0 amide bonds. The number of nitrogens with one attached hydrogen (secondary N) is 1. The van der Waals surface area contributed by atoms with Crippen LogP contribution in [0.1, 0.15) is 0 Å². The fourth-order valence-electron chi connectivity index (χ4n) is 1.11. The SMILES string of the molecule is Cn1c(-c2ccc([N+](=O)[O-])s2)n[nH]c1=S. The quantitative estimate of drug-likeness (QED) is 0.497. The first-order valence-corrected chi connectivity index (χ1v) is 5.18. The van der Waals surface area contributed by atoms with Crippen LogP contribution in [0.3, 0.4) is 0 Å². The second-order valence-corrected chi connectivity index (χ2v) is 4.26. The summed E-state index contributed by atoms with van der Waals surface area (Å²) in [6, 6.07) is 3.12. The van der Waals surface area contributed by atoms with E-state index in [-0.39, 0.29) is 5.00 Å². The molecule has 6 nitrogen and oxygen atoms in total. The van der Waals surface area contributed by atoms with Gasteiger partial charge in [-0.05, 0) is 18.3 Å². The Morgan fingerprint density at radius 1 is 1.67 bits per heavy atom. The number of hydrogen-bond acceptors (Lipinski definition) is 5. The molecule has 1 N–H and O–H groups in total. The van der Waals surface area contributed by atoms with Crippen LogP contribution in [0.2, 0.25) is 0 Å². The van der Waals surface area contributed by atoms with Gasteiger partial charge in [-0.1, -0.05) is 11.3 Å². The number of thiophene rings is 1. The zero-order valence-electron chi connectivity index (χ0n) is 7.63. The van der Waals surface area contributed by atoms with Crippen molar-refractivity contribution in [3.63, 3.8) is 0 Å². The molecule has 78 valence electrons. The molecule has 0 aliphatic rings. The van der Waals surface area contributed by atoms with E-state index in [1.165, 1.54) is 6.07 Å². The molecule has 8 heteroatoms. The lowest BCUT2D eigenvalue weighted by Crippen LogP contribution is -1.89. The first-order valence-electron chi connectivity index (χ1n) is 3.95. The van der Waals surface area contributed by atoms with Crippen LogP contribution in [-0.2, 0) is 7.05 Å². The van der Waals surface area contributed by atoms with Gasteiger partial charge < -0.3 is 4.57 Å². The number of rotatable bonds is 2. The molecule has 2 rings (SSSR count). The largest absolute Gasteiger partial charge is 0.324 e. The molecule has 0 saturated carbocycles. The molecule has 15 heavy (non-hydrogen) atoms. The van der Waals surface area contributed by atoms with Crippen LogP contribution >= 0.6 is 23.6 Å². The van der Waals surface area contributed by atoms with Gasteiger partial charge in [0.05, 0.1) is 9.80 Å². The highest BCUT2D eigenvalue weighted by Gasteiger charge is 2.14. The molecule has 2 aromatic heterocycles. The Bertz CT molecular complexity index is 568. The van der Waals surface area contributed by atoms with E-state index in [1.807, 2.05) is 0 Å². The van der Waals surface area contributed by atoms with E-state index in [9.17, 15) is 10.1 Å². The minimum Gasteiger partial charge on any atom is -0.303 e. The van der Waals surface area contributed by atoms with Crippen LogP contribution in [0.5, 0.6) is 0 Å². The summed E-state index contributed by atoms with van der Waals surface area (Å²) >= 11 is 6.02. The van der Waals surface area contributed by atoms with Crippen LogP contribution < -0.4 is 0 Å². The maximum Gasteiger partial charge on any atom is 0.324 e. The van der Waals surface area contributed by atoms with Crippen LogP contribution in [0.4, 0.5) is 5.00 Å². The molecule has 0 aromatic carbocycles. The first kappa shape index (κ1) is 9.99. The Morgan fingerprint density at radius 3 is 2.87 bits per heavy atom. The first-order chi connectivity index (χ1) is 7.09. The molecule has 0 saturated heterocycles. The third kappa shape index (κ3) is 1.68. The van der Waals surface area contributed by atoms with Gasteiger partial charge in [-0.15, -0.1) is 0 Å². The summed E-state index contributed by atoms with van der Waals surface area (Å²) in [5.74, 6) is 0.609. The number of aromatic nitrogens is 3. The highest BCUT2D eigenvalue weighted by molar-refractivity contribution is 7.71. The van der Waals surface area contributed by atoms with Crippen LogP contribution in [0.25, 0.3) is 10.7 Å². The molecular weight excluding hydrogens is 236 g/mol. The van der Waals surface area contributed by atoms with Crippen molar-refractivity contribution < 1.29 is 4.92 Å². The zero-order valence-corrected chi connectivity index (χ0v) is 9.26. The molecule has 0 atom stereocenters. The maximum atomic E-state index is 10.5. The van der Waals surface area contributed by atoms with Gasteiger partial charge in [0.1, 0.15) is 0 Å². The topological polar surface area (TPSA) is 76.8 Å². The summed E-state index contributed by atoms with van der Waals surface area (Å²) in [4.78, 5) is 10.8. The van der Waals surface area contributed by atoms with E-state index >= 15 is 0 Å². The van der Waals surface area contributed by atoms with Crippen molar-refractivity contribution >= 4 is 28.6 Å². The second-order valence-electron chi connectivity index (χ2n) is 2.81. The van der Waals surface area contributed by atoms with Gasteiger partial charge in [0, 0.05) is 13.1 Å². The van der Waals surface area contributed by atoms with Crippen molar-refractivity contribution in [2.24, 2.45) is 7.05 Å². The predicted octanol–water partition coefficient (Wildman–Crippen LogP) is 2.11. The molecule has 2 aromatic rings. The molecule has 0 bridgehead atoms. The minimum absolute atomic E-state index is 0.0962. The van der Waals surface area contributed by atoms with Crippen molar-refractivity contribution in [3.05, 3.63) is 27.0 Å². The van der Waals surface area contributed by atoms with Gasteiger partial charge in [-0.3, -0.25) is 15.2 Å². The maximum absolute atomic E-state index is 10.5. The van der Waals surface area contributed by atoms with Crippen molar-refractivity contribution in [1.29, 1.82) is 0 Å². The van der Waals surface area contributed by atoms with E-state index in [2.05, 4.69) is 10.2 Å². The van der Waals surface area contributed by atoms with E-state index < -0.39 is 4.92 Å². The van der Waals surface area contributed by atoms with E-state index in [0.717, 1.165) is 16.2 Å². The van der Waals surface area contributed by atoms with Crippen molar-refractivity contribution in [3.8, 4) is 10.7 Å². The van der Waals surface area contributed by atoms with E-state index in [4.69, 9.17) is 12.2 Å². The molecule has 2 heterocycles. The third-order valence-electron chi connectivity index (χ3n) is 1.87. The monoisotopic (exact) mass is 242 g/mol. The van der Waals surface area contributed by atoms with Crippen LogP contribution in [0, 0.1) is 14.9 Å². The Kier molecular flexibility index (Phi) is 2.37. The average molecular weight is 242 g/mol. The molecule has 0 radical (unpaired) electrons. The average Bonchev–Trinajstić information content (AvgIpc) is 2.76. The number of nitrogens with zero attached hydrogens (tertiary/aromatic N) is 3. The number of H-pyrrole nitrogens is 1. The van der Waals surface area contributed by atoms with Crippen molar-refractivity contribution in [2.75, 3.05) is 0 Å². The molecule has 0 spiro atoms. The van der Waals surface area contributed by atoms with Gasteiger partial charge in [0.2, 0.25) is 0 Å². The summed E-state index contributed by atoms with van der Waals surface area (Å²) in [5.41, 5.74) is 0. The standard InChI is InChI=1S/C7H6N4O2S2/c1-10-6(8-9-7(10)14)4-2-3-5(15-4)11(12)13/h2-3H,1H3,(H,9,14). The number of hydrogen-bond donors (Lipinski definition) is 1. The Labute approximate surface area is 93.3 Å². The number of nitro groups is 1. The van der Waals surface area contributed by atoms with Crippen LogP contribution in [0.15, 0.2) is 12.1 Å². The molecule has 0 unspecified atom stereocenters. The Morgan fingerprint density at radius 2 is 2.40 bits per heavy atom. The summed E-state index contributed by atoms with van der Waals surface area (Å²) in [6.45, 7) is 0. The highest BCUT2D eigenvalue weighted by atomic mass is 32.1. The zero-order chi connectivity index (χ0) is 11.0. The fourth-order valence-corrected chi connectivity index (χ4v) is 2.09. The van der Waals surface area contributed by atoms with Gasteiger partial charge >= 0.3 is 5.00 Å². The summed E-state index contributed by atoms with van der Waals surface area (Å²) in [5, 5.41) is 17.2. The Balaban J connectivity index is 2.50. The summed E-state index contributed by atoms with van der Waals surface area (Å²) < 4.78 is 2.16. The van der Waals surface area contributed by atoms with Gasteiger partial charge in [0.15, 0.2) is 10.6 Å². The predicted molar refractivity (Wildman–Crippen MR) is 58.4 cm³/mol. The van der Waals surface area contributed by atoms with Crippen molar-refractivity contribution in [2.45, 2.75) is 0 Å². The third-order valence-corrected chi connectivity index (χ3v) is 3.27. The van der Waals surface area contributed by atoms with Crippen molar-refractivity contribution in [1.82, 2.24) is 14.8 Å². The van der Waals surface area contributed by atoms with Gasteiger partial charge in [0.25, 0.3) is 0 Å². The van der Waals surface area contributed by atoms with Crippen LogP contribution in [-0.4, -0.2) is 19.7 Å². The fraction of sp³-hybridized carbons (Fsp3) is 0.143. The Hall–Kier alpha value is -1.54. The lowest BCUT2D eigenvalue weighted by Gasteiger charge is -1.93. The number of aromatic amines is 1. The molecule has 0 fully saturated rings. The molecular formula is C7H6N4O2S2. The lowest BCUT2D eigenvalue weighted by molar-refractivity contribution is -0.380. The van der Waals surface area contributed by atoms with E-state index in [1.54, 1.807) is 17.7 Å². The normalized spacial score (nSPS) is 10.5. The van der Waals surface area contributed by atoms with Gasteiger partial charge in [-0.2, -0.15) is 5.10 Å². The second kappa shape index (κ2) is 3.55. The molecule has 0 aliphatic carbocycles. The minimum atomic E-state index is -0.421. The highest BCUT2D eigenvalue weighted by Crippen LogP contribution is 2.30. The van der Waals surface area contributed by atoms with E-state index in [0.29, 0.717) is 10.6 Å². The summed E-state index contributed by atoms with van der Waals surface area (Å²) in [7, 11) is 1.76. The lowest BCUT2D eigenvalue weighted by atomic mass is 10.4. The summed E-state index contributed by atoms with van der Waals surface area (Å²) in [6.07, 6.45) is 0. The smallest absolute Gasteiger partial charge is 0.303 e. The molecule has 0 aliphatic heterocycles.